The van der Waals surface area contributed by atoms with E-state index in [1.807, 2.05) is 6.07 Å². The van der Waals surface area contributed by atoms with Crippen molar-refractivity contribution in [2.75, 3.05) is 13.1 Å². The number of benzene rings is 1. The lowest BCUT2D eigenvalue weighted by Gasteiger charge is -2.14. The third kappa shape index (κ3) is 2.98. The van der Waals surface area contributed by atoms with Crippen LogP contribution in [0.15, 0.2) is 30.3 Å². The highest BCUT2D eigenvalue weighted by Gasteiger charge is 2.19. The van der Waals surface area contributed by atoms with Crippen LogP contribution < -0.4 is 0 Å². The Kier molecular flexibility index (Phi) is 4.39. The van der Waals surface area contributed by atoms with E-state index in [2.05, 4.69) is 29.2 Å². The molecule has 1 fully saturated rings. The fraction of sp³-hybridized carbons (Fsp3) is 0.455. The molecule has 14 heavy (non-hydrogen) atoms. The van der Waals surface area contributed by atoms with Crippen LogP contribution in [0.1, 0.15) is 12.0 Å². The van der Waals surface area contributed by atoms with Crippen molar-refractivity contribution in [1.82, 2.24) is 4.90 Å². The molecule has 78 valence electrons. The van der Waals surface area contributed by atoms with Gasteiger partial charge in [0.2, 0.25) is 0 Å². The van der Waals surface area contributed by atoms with Crippen LogP contribution in [-0.2, 0) is 6.54 Å². The highest BCUT2D eigenvalue weighted by atomic mass is 35.5. The summed E-state index contributed by atoms with van der Waals surface area (Å²) in [4.78, 5) is 2.29. The first-order chi connectivity index (χ1) is 6.34. The third-order valence-corrected chi connectivity index (χ3v) is 2.50. The van der Waals surface area contributed by atoms with E-state index in [0.717, 1.165) is 26.1 Å². The second-order valence-corrected chi connectivity index (χ2v) is 3.66. The maximum absolute atomic E-state index is 9.34. The quantitative estimate of drug-likeness (QED) is 0.808. The van der Waals surface area contributed by atoms with Crippen molar-refractivity contribution in [3.05, 3.63) is 35.9 Å². The molecule has 2 rings (SSSR count). The molecule has 2 nitrogen and oxygen atoms in total. The van der Waals surface area contributed by atoms with Gasteiger partial charge in [0.15, 0.2) is 0 Å². The standard InChI is InChI=1S/C11H15NO.ClH/c13-11-6-7-12(9-11)8-10-4-2-1-3-5-10;/h1-5,11,13H,6-9H2;1H. The average Bonchev–Trinajstić information content (AvgIpc) is 2.53. The molecule has 0 aromatic heterocycles. The average molecular weight is 214 g/mol. The maximum atomic E-state index is 9.34. The van der Waals surface area contributed by atoms with Crippen LogP contribution in [0.4, 0.5) is 0 Å². The van der Waals surface area contributed by atoms with Gasteiger partial charge in [-0.1, -0.05) is 30.3 Å². The maximum Gasteiger partial charge on any atom is 0.0679 e. The molecule has 0 spiro atoms. The van der Waals surface area contributed by atoms with Gasteiger partial charge in [-0.15, -0.1) is 12.4 Å². The molecule has 1 aliphatic rings. The zero-order valence-corrected chi connectivity index (χ0v) is 8.91. The van der Waals surface area contributed by atoms with Crippen LogP contribution in [0.5, 0.6) is 0 Å². The van der Waals surface area contributed by atoms with Gasteiger partial charge in [-0.05, 0) is 12.0 Å². The van der Waals surface area contributed by atoms with Crippen molar-refractivity contribution in [3.8, 4) is 0 Å². The lowest BCUT2D eigenvalue weighted by molar-refractivity contribution is 0.175. The van der Waals surface area contributed by atoms with Crippen LogP contribution in [0.3, 0.4) is 0 Å². The summed E-state index contributed by atoms with van der Waals surface area (Å²) in [6, 6.07) is 10.4. The van der Waals surface area contributed by atoms with E-state index in [4.69, 9.17) is 0 Å². The van der Waals surface area contributed by atoms with Gasteiger partial charge in [-0.25, -0.2) is 0 Å². The van der Waals surface area contributed by atoms with Crippen molar-refractivity contribution in [2.45, 2.75) is 19.1 Å². The second kappa shape index (κ2) is 5.35. The molecular formula is C11H16ClNO. The zero-order valence-electron chi connectivity index (χ0n) is 8.10. The van der Waals surface area contributed by atoms with Gasteiger partial charge in [-0.3, -0.25) is 4.90 Å². The molecule has 0 saturated carbocycles. The van der Waals surface area contributed by atoms with Gasteiger partial charge in [0.1, 0.15) is 0 Å². The molecule has 0 bridgehead atoms. The minimum absolute atomic E-state index is 0. The highest BCUT2D eigenvalue weighted by molar-refractivity contribution is 5.85. The molecule has 1 heterocycles. The molecule has 1 atom stereocenters. The predicted molar refractivity (Wildman–Crippen MR) is 59.6 cm³/mol. The summed E-state index contributed by atoms with van der Waals surface area (Å²) >= 11 is 0. The number of aliphatic hydroxyl groups is 1. The van der Waals surface area contributed by atoms with Gasteiger partial charge in [0, 0.05) is 19.6 Å². The number of halogens is 1. The first-order valence-electron chi connectivity index (χ1n) is 4.79. The Morgan fingerprint density at radius 2 is 2.00 bits per heavy atom. The van der Waals surface area contributed by atoms with E-state index in [1.165, 1.54) is 5.56 Å². The van der Waals surface area contributed by atoms with Crippen LogP contribution in [-0.4, -0.2) is 29.2 Å². The van der Waals surface area contributed by atoms with Crippen LogP contribution in [0.25, 0.3) is 0 Å². The molecule has 3 heteroatoms. The molecule has 1 aliphatic heterocycles. The van der Waals surface area contributed by atoms with Crippen molar-refractivity contribution < 1.29 is 5.11 Å². The first-order valence-corrected chi connectivity index (χ1v) is 4.79. The smallest absolute Gasteiger partial charge is 0.0679 e. The highest BCUT2D eigenvalue weighted by Crippen LogP contribution is 2.12. The molecule has 0 radical (unpaired) electrons. The fourth-order valence-corrected chi connectivity index (χ4v) is 1.80. The Balaban J connectivity index is 0.000000980. The second-order valence-electron chi connectivity index (χ2n) is 3.66. The molecule has 0 aliphatic carbocycles. The summed E-state index contributed by atoms with van der Waals surface area (Å²) < 4.78 is 0. The fourth-order valence-electron chi connectivity index (χ4n) is 1.80. The molecule has 1 unspecified atom stereocenters. The van der Waals surface area contributed by atoms with Crippen molar-refractivity contribution >= 4 is 12.4 Å². The summed E-state index contributed by atoms with van der Waals surface area (Å²) in [5.74, 6) is 0. The molecular weight excluding hydrogens is 198 g/mol. The van der Waals surface area contributed by atoms with E-state index in [0.29, 0.717) is 0 Å². The Morgan fingerprint density at radius 1 is 1.29 bits per heavy atom. The summed E-state index contributed by atoms with van der Waals surface area (Å²) in [5.41, 5.74) is 1.33. The van der Waals surface area contributed by atoms with Crippen molar-refractivity contribution in [2.24, 2.45) is 0 Å². The molecule has 1 aromatic rings. The summed E-state index contributed by atoms with van der Waals surface area (Å²) in [7, 11) is 0. The number of hydrogen-bond acceptors (Lipinski definition) is 2. The van der Waals surface area contributed by atoms with E-state index in [1.54, 1.807) is 0 Å². The Hall–Kier alpha value is -0.570. The van der Waals surface area contributed by atoms with E-state index in [-0.39, 0.29) is 18.5 Å². The summed E-state index contributed by atoms with van der Waals surface area (Å²) in [6.07, 6.45) is 0.816. The molecule has 1 aromatic carbocycles. The topological polar surface area (TPSA) is 23.5 Å². The monoisotopic (exact) mass is 213 g/mol. The van der Waals surface area contributed by atoms with Gasteiger partial charge in [-0.2, -0.15) is 0 Å². The number of rotatable bonds is 2. The largest absolute Gasteiger partial charge is 0.392 e. The Labute approximate surface area is 91.0 Å². The number of likely N-dealkylation sites (tertiary alicyclic amines) is 1. The van der Waals surface area contributed by atoms with E-state index < -0.39 is 0 Å². The van der Waals surface area contributed by atoms with E-state index in [9.17, 15) is 5.11 Å². The zero-order chi connectivity index (χ0) is 9.10. The minimum Gasteiger partial charge on any atom is -0.392 e. The Bertz CT molecular complexity index is 265. The molecule has 1 N–H and O–H groups in total. The minimum atomic E-state index is -0.108. The van der Waals surface area contributed by atoms with Gasteiger partial charge in [0.25, 0.3) is 0 Å². The third-order valence-electron chi connectivity index (χ3n) is 2.50. The SMILES string of the molecule is Cl.OC1CCN(Cc2ccccc2)C1. The van der Waals surface area contributed by atoms with Crippen LogP contribution >= 0.6 is 12.4 Å². The molecule has 0 amide bonds. The summed E-state index contributed by atoms with van der Waals surface area (Å²) in [5, 5.41) is 9.34. The van der Waals surface area contributed by atoms with Crippen LogP contribution in [0.2, 0.25) is 0 Å². The van der Waals surface area contributed by atoms with Crippen LogP contribution in [0, 0.1) is 0 Å². The number of hydrogen-bond donors (Lipinski definition) is 1. The lowest BCUT2D eigenvalue weighted by atomic mass is 10.2. The van der Waals surface area contributed by atoms with Gasteiger partial charge >= 0.3 is 0 Å². The van der Waals surface area contributed by atoms with Gasteiger partial charge in [0.05, 0.1) is 6.10 Å². The summed E-state index contributed by atoms with van der Waals surface area (Å²) in [6.45, 7) is 2.82. The van der Waals surface area contributed by atoms with Crippen molar-refractivity contribution in [1.29, 1.82) is 0 Å². The Morgan fingerprint density at radius 3 is 2.57 bits per heavy atom. The number of nitrogens with zero attached hydrogens (tertiary/aromatic N) is 1. The number of β-amino-alcohol motifs (C(OH)–C–C–N with tert-alkyl or cyclic N) is 1. The normalized spacial score (nSPS) is 21.9. The van der Waals surface area contributed by atoms with Crippen molar-refractivity contribution in [3.63, 3.8) is 0 Å². The predicted octanol–water partition coefficient (Wildman–Crippen LogP) is 1.68. The number of aliphatic hydroxyl groups excluding tert-OH is 1. The van der Waals surface area contributed by atoms with Gasteiger partial charge < -0.3 is 5.11 Å². The first kappa shape index (κ1) is 11.5. The van der Waals surface area contributed by atoms with E-state index >= 15 is 0 Å². The molecule has 1 saturated heterocycles. The lowest BCUT2D eigenvalue weighted by Crippen LogP contribution is -2.21.